The highest BCUT2D eigenvalue weighted by Gasteiger charge is 2.39. The van der Waals surface area contributed by atoms with Crippen LogP contribution in [0.5, 0.6) is 0 Å². The van der Waals surface area contributed by atoms with Gasteiger partial charge in [0.25, 0.3) is 0 Å². The van der Waals surface area contributed by atoms with Crippen molar-refractivity contribution < 1.29 is 4.39 Å². The monoisotopic (exact) mass is 284 g/mol. The van der Waals surface area contributed by atoms with E-state index in [-0.39, 0.29) is 18.2 Å². The van der Waals surface area contributed by atoms with Crippen LogP contribution in [0, 0.1) is 18.2 Å². The summed E-state index contributed by atoms with van der Waals surface area (Å²) in [6, 6.07) is 5.62. The van der Waals surface area contributed by atoms with E-state index < -0.39 is 0 Å². The zero-order chi connectivity index (χ0) is 12.6. The molecule has 2 heterocycles. The third kappa shape index (κ3) is 3.10. The lowest BCUT2D eigenvalue weighted by Crippen LogP contribution is -2.28. The summed E-state index contributed by atoms with van der Waals surface area (Å²) in [6.07, 6.45) is 2.58. The highest BCUT2D eigenvalue weighted by atomic mass is 35.5. The summed E-state index contributed by atoms with van der Waals surface area (Å²) in [7, 11) is 0. The first-order valence-corrected chi connectivity index (χ1v) is 6.85. The third-order valence-electron chi connectivity index (χ3n) is 4.49. The molecule has 1 unspecified atom stereocenters. The van der Waals surface area contributed by atoms with Gasteiger partial charge in [0.15, 0.2) is 0 Å². The quantitative estimate of drug-likeness (QED) is 0.898. The maximum atomic E-state index is 13.5. The first-order valence-electron chi connectivity index (χ1n) is 6.85. The number of hydrogen-bond acceptors (Lipinski definition) is 2. The number of rotatable bonds is 2. The van der Waals surface area contributed by atoms with Crippen molar-refractivity contribution in [2.75, 3.05) is 26.2 Å². The fraction of sp³-hybridized carbons (Fsp3) is 0.600. The number of nitrogens with zero attached hydrogens (tertiary/aromatic N) is 1. The topological polar surface area (TPSA) is 15.3 Å². The van der Waals surface area contributed by atoms with E-state index in [1.165, 1.54) is 12.8 Å². The van der Waals surface area contributed by atoms with Gasteiger partial charge in [0.1, 0.15) is 5.82 Å². The predicted octanol–water partition coefficient (Wildman–Crippen LogP) is 2.74. The number of benzene rings is 1. The van der Waals surface area contributed by atoms with Gasteiger partial charge >= 0.3 is 0 Å². The van der Waals surface area contributed by atoms with Crippen LogP contribution in [0.25, 0.3) is 0 Å². The van der Waals surface area contributed by atoms with Crippen molar-refractivity contribution in [3.63, 3.8) is 0 Å². The van der Waals surface area contributed by atoms with E-state index in [1.54, 1.807) is 6.07 Å². The Morgan fingerprint density at radius 2 is 2.21 bits per heavy atom. The third-order valence-corrected chi connectivity index (χ3v) is 4.49. The van der Waals surface area contributed by atoms with Crippen molar-refractivity contribution in [1.82, 2.24) is 10.2 Å². The molecule has 0 radical (unpaired) electrons. The fourth-order valence-corrected chi connectivity index (χ4v) is 3.30. The Hall–Kier alpha value is -0.640. The van der Waals surface area contributed by atoms with Gasteiger partial charge in [-0.1, -0.05) is 12.1 Å². The van der Waals surface area contributed by atoms with Crippen LogP contribution in [0.1, 0.15) is 24.0 Å². The molecular formula is C15H22ClFN2. The Bertz CT molecular complexity index is 444. The molecule has 2 aliphatic rings. The first kappa shape index (κ1) is 14.8. The van der Waals surface area contributed by atoms with Crippen LogP contribution in [0.4, 0.5) is 4.39 Å². The van der Waals surface area contributed by atoms with E-state index in [1.807, 2.05) is 13.0 Å². The summed E-state index contributed by atoms with van der Waals surface area (Å²) in [5, 5.41) is 3.47. The normalized spacial score (nSPS) is 26.8. The van der Waals surface area contributed by atoms with E-state index in [0.717, 1.165) is 43.9 Å². The van der Waals surface area contributed by atoms with Crippen molar-refractivity contribution in [3.8, 4) is 0 Å². The Labute approximate surface area is 120 Å². The lowest BCUT2D eigenvalue weighted by atomic mass is 9.86. The van der Waals surface area contributed by atoms with Gasteiger partial charge in [-0.3, -0.25) is 4.90 Å². The maximum absolute atomic E-state index is 13.5. The molecule has 0 aromatic heterocycles. The average Bonchev–Trinajstić information content (AvgIpc) is 2.96. The van der Waals surface area contributed by atoms with Crippen LogP contribution in [0.15, 0.2) is 18.2 Å². The number of halogens is 2. The van der Waals surface area contributed by atoms with E-state index in [9.17, 15) is 4.39 Å². The zero-order valence-corrected chi connectivity index (χ0v) is 12.2. The van der Waals surface area contributed by atoms with Gasteiger partial charge in [-0.25, -0.2) is 4.39 Å². The highest BCUT2D eigenvalue weighted by molar-refractivity contribution is 5.85. The lowest BCUT2D eigenvalue weighted by molar-refractivity contribution is 0.268. The van der Waals surface area contributed by atoms with Crippen LogP contribution >= 0.6 is 12.4 Å². The molecule has 1 spiro atoms. The average molecular weight is 285 g/mol. The molecule has 1 aromatic rings. The second-order valence-corrected chi connectivity index (χ2v) is 5.97. The van der Waals surface area contributed by atoms with Gasteiger partial charge in [0.2, 0.25) is 0 Å². The Balaban J connectivity index is 0.00000133. The summed E-state index contributed by atoms with van der Waals surface area (Å²) in [4.78, 5) is 2.47. The summed E-state index contributed by atoms with van der Waals surface area (Å²) in [6.45, 7) is 7.33. The molecule has 0 amide bonds. The lowest BCUT2D eigenvalue weighted by Gasteiger charge is -2.22. The molecule has 2 aliphatic heterocycles. The van der Waals surface area contributed by atoms with Crippen molar-refractivity contribution in [2.45, 2.75) is 26.3 Å². The summed E-state index contributed by atoms with van der Waals surface area (Å²) >= 11 is 0. The van der Waals surface area contributed by atoms with Gasteiger partial charge < -0.3 is 5.32 Å². The van der Waals surface area contributed by atoms with Crippen LogP contribution < -0.4 is 5.32 Å². The molecule has 0 aliphatic carbocycles. The second kappa shape index (κ2) is 5.78. The standard InChI is InChI=1S/C15H21FN2.ClH/c1-12-2-3-13(8-14(12)16)9-18-7-5-15(11-18)4-6-17-10-15;/h2-3,8,17H,4-7,9-11H2,1H3;1H. The Kier molecular flexibility index (Phi) is 4.49. The van der Waals surface area contributed by atoms with Gasteiger partial charge in [-0.15, -0.1) is 12.4 Å². The molecule has 19 heavy (non-hydrogen) atoms. The van der Waals surface area contributed by atoms with Crippen molar-refractivity contribution >= 4 is 12.4 Å². The molecule has 4 heteroatoms. The number of likely N-dealkylation sites (tertiary alicyclic amines) is 1. The predicted molar refractivity (Wildman–Crippen MR) is 78.2 cm³/mol. The Morgan fingerprint density at radius 1 is 1.37 bits per heavy atom. The SMILES string of the molecule is Cc1ccc(CN2CCC3(CCNC3)C2)cc1F.Cl. The van der Waals surface area contributed by atoms with E-state index >= 15 is 0 Å². The molecule has 106 valence electrons. The molecule has 0 bridgehead atoms. The van der Waals surface area contributed by atoms with Crippen LogP contribution in [-0.4, -0.2) is 31.1 Å². The van der Waals surface area contributed by atoms with Crippen LogP contribution in [-0.2, 0) is 6.54 Å². The first-order chi connectivity index (χ1) is 8.67. The highest BCUT2D eigenvalue weighted by Crippen LogP contribution is 2.36. The molecule has 1 atom stereocenters. The number of nitrogens with one attached hydrogen (secondary N) is 1. The fourth-order valence-electron chi connectivity index (χ4n) is 3.30. The summed E-state index contributed by atoms with van der Waals surface area (Å²) < 4.78 is 13.5. The minimum absolute atomic E-state index is 0. The van der Waals surface area contributed by atoms with E-state index in [0.29, 0.717) is 5.41 Å². The molecule has 2 saturated heterocycles. The van der Waals surface area contributed by atoms with Crippen molar-refractivity contribution in [1.29, 1.82) is 0 Å². The Morgan fingerprint density at radius 3 is 2.89 bits per heavy atom. The van der Waals surface area contributed by atoms with Crippen LogP contribution in [0.2, 0.25) is 0 Å². The van der Waals surface area contributed by atoms with Gasteiger partial charge in [-0.2, -0.15) is 0 Å². The summed E-state index contributed by atoms with van der Waals surface area (Å²) in [5.74, 6) is -0.0797. The number of hydrogen-bond donors (Lipinski definition) is 1. The minimum atomic E-state index is -0.0797. The van der Waals surface area contributed by atoms with Gasteiger partial charge in [0.05, 0.1) is 0 Å². The zero-order valence-electron chi connectivity index (χ0n) is 11.4. The molecule has 3 rings (SSSR count). The van der Waals surface area contributed by atoms with Crippen molar-refractivity contribution in [2.24, 2.45) is 5.41 Å². The molecule has 1 aromatic carbocycles. The largest absolute Gasteiger partial charge is 0.316 e. The molecular weight excluding hydrogens is 263 g/mol. The van der Waals surface area contributed by atoms with Gasteiger partial charge in [0, 0.05) is 19.6 Å². The van der Waals surface area contributed by atoms with E-state index in [2.05, 4.69) is 16.3 Å². The smallest absolute Gasteiger partial charge is 0.126 e. The molecule has 1 N–H and O–H groups in total. The van der Waals surface area contributed by atoms with Crippen molar-refractivity contribution in [3.05, 3.63) is 35.1 Å². The minimum Gasteiger partial charge on any atom is -0.316 e. The van der Waals surface area contributed by atoms with Crippen LogP contribution in [0.3, 0.4) is 0 Å². The molecule has 2 fully saturated rings. The summed E-state index contributed by atoms with van der Waals surface area (Å²) in [5.41, 5.74) is 2.33. The number of aryl methyl sites for hydroxylation is 1. The van der Waals surface area contributed by atoms with Gasteiger partial charge in [-0.05, 0) is 55.5 Å². The van der Waals surface area contributed by atoms with E-state index in [4.69, 9.17) is 0 Å². The molecule has 2 nitrogen and oxygen atoms in total. The maximum Gasteiger partial charge on any atom is 0.126 e. The molecule has 0 saturated carbocycles. The second-order valence-electron chi connectivity index (χ2n) is 5.97.